The Hall–Kier alpha value is -1.44. The molecule has 0 bridgehead atoms. The molecular formula is C21H30N2O4S. The zero-order valence-electron chi connectivity index (χ0n) is 17.1. The van der Waals surface area contributed by atoms with Crippen LogP contribution < -0.4 is 4.83 Å². The van der Waals surface area contributed by atoms with Gasteiger partial charge in [-0.1, -0.05) is 38.5 Å². The van der Waals surface area contributed by atoms with Gasteiger partial charge in [0.25, 0.3) is 10.0 Å². The number of ether oxygens (including phenoxy) is 2. The molecule has 1 saturated heterocycles. The van der Waals surface area contributed by atoms with Gasteiger partial charge in [0.05, 0.1) is 18.1 Å². The molecule has 4 rings (SSSR count). The molecule has 6 nitrogen and oxygen atoms in total. The molecular weight excluding hydrogens is 376 g/mol. The molecule has 1 spiro atoms. The molecule has 28 heavy (non-hydrogen) atoms. The number of fused-ring (bicyclic) bond motifs is 1. The highest BCUT2D eigenvalue weighted by molar-refractivity contribution is 7.89. The second-order valence-electron chi connectivity index (χ2n) is 9.49. The maximum absolute atomic E-state index is 12.5. The molecule has 1 heterocycles. The first-order valence-electron chi connectivity index (χ1n) is 10.0. The van der Waals surface area contributed by atoms with Crippen LogP contribution in [-0.2, 0) is 19.5 Å². The highest BCUT2D eigenvalue weighted by atomic mass is 32.2. The van der Waals surface area contributed by atoms with Crippen LogP contribution in [0.25, 0.3) is 0 Å². The van der Waals surface area contributed by atoms with Crippen LogP contribution in [0.5, 0.6) is 0 Å². The van der Waals surface area contributed by atoms with Gasteiger partial charge in [-0.15, -0.1) is 0 Å². The van der Waals surface area contributed by atoms with E-state index >= 15 is 0 Å². The van der Waals surface area contributed by atoms with Gasteiger partial charge in [0.15, 0.2) is 5.79 Å². The molecule has 0 radical (unpaired) electrons. The quantitative estimate of drug-likeness (QED) is 0.780. The van der Waals surface area contributed by atoms with E-state index in [0.29, 0.717) is 11.8 Å². The normalized spacial score (nSPS) is 32.6. The number of hydrogen-bond acceptors (Lipinski definition) is 5. The minimum absolute atomic E-state index is 0.0649. The van der Waals surface area contributed by atoms with E-state index in [2.05, 4.69) is 30.7 Å². The molecule has 0 unspecified atom stereocenters. The Labute approximate surface area is 167 Å². The van der Waals surface area contributed by atoms with E-state index in [9.17, 15) is 8.42 Å². The van der Waals surface area contributed by atoms with Gasteiger partial charge >= 0.3 is 0 Å². The molecule has 3 aliphatic rings. The summed E-state index contributed by atoms with van der Waals surface area (Å²) in [6.07, 6.45) is 2.51. The van der Waals surface area contributed by atoms with Crippen LogP contribution in [0.2, 0.25) is 0 Å². The van der Waals surface area contributed by atoms with Gasteiger partial charge in [0.2, 0.25) is 0 Å². The van der Waals surface area contributed by atoms with E-state index in [1.54, 1.807) is 24.3 Å². The van der Waals surface area contributed by atoms with Crippen LogP contribution in [-0.4, -0.2) is 33.1 Å². The molecule has 0 aromatic heterocycles. The Morgan fingerprint density at radius 3 is 2.36 bits per heavy atom. The number of hydrazone groups is 1. The van der Waals surface area contributed by atoms with Crippen molar-refractivity contribution in [2.75, 3.05) is 13.2 Å². The summed E-state index contributed by atoms with van der Waals surface area (Å²) in [5.74, 6) is 0.612. The fourth-order valence-corrected chi connectivity index (χ4v) is 5.52. The minimum Gasteiger partial charge on any atom is -0.349 e. The van der Waals surface area contributed by atoms with E-state index < -0.39 is 15.8 Å². The fraction of sp³-hybridized carbons (Fsp3) is 0.667. The monoisotopic (exact) mass is 406 g/mol. The Bertz CT molecular complexity index is 866. The van der Waals surface area contributed by atoms with E-state index in [-0.39, 0.29) is 16.2 Å². The second kappa shape index (κ2) is 6.82. The van der Waals surface area contributed by atoms with Gasteiger partial charge in [0, 0.05) is 24.0 Å². The fourth-order valence-electron chi connectivity index (χ4n) is 4.68. The first kappa shape index (κ1) is 19.9. The predicted molar refractivity (Wildman–Crippen MR) is 107 cm³/mol. The number of nitrogens with zero attached hydrogens (tertiary/aromatic N) is 1. The summed E-state index contributed by atoms with van der Waals surface area (Å²) in [7, 11) is -3.64. The lowest BCUT2D eigenvalue weighted by Crippen LogP contribution is -2.46. The molecule has 154 valence electrons. The second-order valence-corrected chi connectivity index (χ2v) is 11.1. The SMILES string of the molecule is Cc1ccc(S(=O)(=O)N/N=C2\C[C@@H]3CC4(C[C@@H]3[C@H]2C)OCC(C)(C)CO4)cc1. The summed E-state index contributed by atoms with van der Waals surface area (Å²) in [6.45, 7) is 9.81. The third kappa shape index (κ3) is 3.72. The smallest absolute Gasteiger partial charge is 0.276 e. The lowest BCUT2D eigenvalue weighted by atomic mass is 9.92. The van der Waals surface area contributed by atoms with Crippen molar-refractivity contribution in [3.8, 4) is 0 Å². The molecule has 1 aromatic rings. The van der Waals surface area contributed by atoms with Gasteiger partial charge in [-0.25, -0.2) is 4.83 Å². The highest BCUT2D eigenvalue weighted by Crippen LogP contribution is 2.53. The summed E-state index contributed by atoms with van der Waals surface area (Å²) < 4.78 is 37.3. The van der Waals surface area contributed by atoms with E-state index in [0.717, 1.165) is 43.8 Å². The zero-order valence-corrected chi connectivity index (χ0v) is 17.9. The lowest BCUT2D eigenvalue weighted by molar-refractivity contribution is -0.297. The third-order valence-corrected chi connectivity index (χ3v) is 7.68. The van der Waals surface area contributed by atoms with Crippen LogP contribution in [0, 0.1) is 30.1 Å². The number of nitrogens with one attached hydrogen (secondary N) is 1. The molecule has 7 heteroatoms. The van der Waals surface area contributed by atoms with Crippen molar-refractivity contribution < 1.29 is 17.9 Å². The molecule has 3 atom stereocenters. The Morgan fingerprint density at radius 2 is 1.75 bits per heavy atom. The Balaban J connectivity index is 1.42. The first-order chi connectivity index (χ1) is 13.1. The number of aryl methyl sites for hydroxylation is 1. The maximum atomic E-state index is 12.5. The van der Waals surface area contributed by atoms with Crippen LogP contribution in [0.1, 0.15) is 45.6 Å². The molecule has 2 saturated carbocycles. The van der Waals surface area contributed by atoms with Crippen LogP contribution in [0.15, 0.2) is 34.3 Å². The molecule has 1 N–H and O–H groups in total. The number of hydrogen-bond donors (Lipinski definition) is 1. The third-order valence-electron chi connectivity index (χ3n) is 6.46. The molecule has 1 aliphatic heterocycles. The van der Waals surface area contributed by atoms with Gasteiger partial charge in [-0.3, -0.25) is 0 Å². The Morgan fingerprint density at radius 1 is 1.11 bits per heavy atom. The predicted octanol–water partition coefficient (Wildman–Crippen LogP) is 3.46. The standard InChI is InChI=1S/C21H30N2O4S/c1-14-5-7-17(8-6-14)28(24,25)23-22-19-9-16-10-21(11-18(16)15(19)2)26-12-20(3,4)13-27-21/h5-8,15-16,18,23H,9-13H2,1-4H3/b22-19+/t15-,16-,18-/m1/s1. The van der Waals surface area contributed by atoms with E-state index in [1.807, 2.05) is 6.92 Å². The lowest BCUT2D eigenvalue weighted by Gasteiger charge is -2.42. The van der Waals surface area contributed by atoms with Crippen molar-refractivity contribution in [3.63, 3.8) is 0 Å². The van der Waals surface area contributed by atoms with Crippen molar-refractivity contribution in [3.05, 3.63) is 29.8 Å². The van der Waals surface area contributed by atoms with Crippen molar-refractivity contribution in [1.29, 1.82) is 0 Å². The summed E-state index contributed by atoms with van der Waals surface area (Å²) >= 11 is 0. The largest absolute Gasteiger partial charge is 0.349 e. The highest BCUT2D eigenvalue weighted by Gasteiger charge is 2.55. The zero-order chi connectivity index (χ0) is 20.2. The van der Waals surface area contributed by atoms with Crippen molar-refractivity contribution in [1.82, 2.24) is 4.83 Å². The van der Waals surface area contributed by atoms with Crippen molar-refractivity contribution in [2.24, 2.45) is 28.3 Å². The molecule has 0 amide bonds. The molecule has 2 aliphatic carbocycles. The van der Waals surface area contributed by atoms with E-state index in [1.165, 1.54) is 0 Å². The van der Waals surface area contributed by atoms with Gasteiger partial charge < -0.3 is 9.47 Å². The van der Waals surface area contributed by atoms with Crippen molar-refractivity contribution >= 4 is 15.7 Å². The summed E-state index contributed by atoms with van der Waals surface area (Å²) in [4.78, 5) is 2.67. The van der Waals surface area contributed by atoms with Crippen LogP contribution in [0.4, 0.5) is 0 Å². The Kier molecular flexibility index (Phi) is 4.83. The summed E-state index contributed by atoms with van der Waals surface area (Å²) in [5.41, 5.74) is 2.01. The maximum Gasteiger partial charge on any atom is 0.276 e. The van der Waals surface area contributed by atoms with Gasteiger partial charge in [0.1, 0.15) is 0 Å². The number of rotatable bonds is 3. The topological polar surface area (TPSA) is 77.0 Å². The van der Waals surface area contributed by atoms with Gasteiger partial charge in [-0.2, -0.15) is 13.5 Å². The minimum atomic E-state index is -3.64. The summed E-state index contributed by atoms with van der Waals surface area (Å²) in [6, 6.07) is 6.78. The van der Waals surface area contributed by atoms with Crippen LogP contribution in [0.3, 0.4) is 0 Å². The van der Waals surface area contributed by atoms with Gasteiger partial charge in [-0.05, 0) is 43.2 Å². The molecule has 3 fully saturated rings. The average molecular weight is 407 g/mol. The van der Waals surface area contributed by atoms with E-state index in [4.69, 9.17) is 9.47 Å². The number of sulfonamides is 1. The van der Waals surface area contributed by atoms with Crippen LogP contribution >= 0.6 is 0 Å². The number of benzene rings is 1. The summed E-state index contributed by atoms with van der Waals surface area (Å²) in [5, 5.41) is 4.31. The van der Waals surface area contributed by atoms with Crippen molar-refractivity contribution in [2.45, 2.75) is 57.6 Å². The first-order valence-corrected chi connectivity index (χ1v) is 11.5. The average Bonchev–Trinajstić information content (AvgIpc) is 3.13. The molecule has 1 aromatic carbocycles.